The van der Waals surface area contributed by atoms with Gasteiger partial charge < -0.3 is 19.1 Å². The lowest BCUT2D eigenvalue weighted by molar-refractivity contribution is -0.144. The second-order valence-electron chi connectivity index (χ2n) is 10.2. The Kier molecular flexibility index (Phi) is 5.38. The molecule has 0 fully saturated rings. The number of hydrogen-bond acceptors (Lipinski definition) is 6. The molecule has 0 saturated carbocycles. The molecule has 0 aromatic heterocycles. The maximum atomic E-state index is 13.4. The third-order valence-corrected chi connectivity index (χ3v) is 7.99. The molecule has 6 nitrogen and oxygen atoms in total. The summed E-state index contributed by atoms with van der Waals surface area (Å²) < 4.78 is 17.7. The molecule has 2 aromatic carbocycles. The molecule has 0 N–H and O–H groups in total. The lowest BCUT2D eigenvalue weighted by Crippen LogP contribution is -2.62. The van der Waals surface area contributed by atoms with E-state index in [1.165, 1.54) is 0 Å². The summed E-state index contributed by atoms with van der Waals surface area (Å²) in [5.41, 5.74) is 2.01. The summed E-state index contributed by atoms with van der Waals surface area (Å²) in [6, 6.07) is 13.2. The van der Waals surface area contributed by atoms with Gasteiger partial charge in [-0.3, -0.25) is 4.79 Å². The number of anilines is 1. The zero-order chi connectivity index (χ0) is 25.9. The van der Waals surface area contributed by atoms with Gasteiger partial charge in [-0.05, 0) is 48.9 Å². The van der Waals surface area contributed by atoms with Crippen LogP contribution < -0.4 is 14.4 Å². The molecule has 3 atom stereocenters. The van der Waals surface area contributed by atoms with Crippen LogP contribution in [0.15, 0.2) is 72.4 Å². The van der Waals surface area contributed by atoms with Crippen molar-refractivity contribution in [2.45, 2.75) is 37.5 Å². The number of benzene rings is 2. The highest BCUT2D eigenvalue weighted by Gasteiger charge is 2.60. The topological polar surface area (TPSA) is 71.8 Å². The maximum absolute atomic E-state index is 13.4. The van der Waals surface area contributed by atoms with Gasteiger partial charge in [-0.1, -0.05) is 38.2 Å². The molecule has 2 aliphatic heterocycles. The minimum atomic E-state index is -0.743. The smallest absolute Gasteiger partial charge is 0.196 e. The molecule has 1 aliphatic carbocycles. The monoisotopic (exact) mass is 482 g/mol. The Morgan fingerprint density at radius 2 is 1.86 bits per heavy atom. The van der Waals surface area contributed by atoms with Gasteiger partial charge in [0.05, 0.1) is 37.0 Å². The number of methoxy groups -OCH3 is 2. The minimum Gasteiger partial charge on any atom is -0.497 e. The summed E-state index contributed by atoms with van der Waals surface area (Å²) in [7, 11) is 5.15. The van der Waals surface area contributed by atoms with E-state index >= 15 is 0 Å². The molecule has 2 aromatic rings. The van der Waals surface area contributed by atoms with E-state index in [-0.39, 0.29) is 11.7 Å². The molecule has 1 spiro atoms. The van der Waals surface area contributed by atoms with E-state index in [1.54, 1.807) is 32.4 Å². The van der Waals surface area contributed by atoms with Gasteiger partial charge in [0.15, 0.2) is 11.5 Å². The van der Waals surface area contributed by atoms with Crippen LogP contribution >= 0.6 is 0 Å². The van der Waals surface area contributed by atoms with Crippen LogP contribution in [0.1, 0.15) is 42.3 Å². The highest BCUT2D eigenvalue weighted by molar-refractivity contribution is 6.12. The van der Waals surface area contributed by atoms with Gasteiger partial charge in [0.2, 0.25) is 0 Å². The molecule has 184 valence electrons. The van der Waals surface area contributed by atoms with Crippen molar-refractivity contribution >= 4 is 11.5 Å². The predicted octanol–water partition coefficient (Wildman–Crippen LogP) is 5.34. The first-order valence-electron chi connectivity index (χ1n) is 12.0. The van der Waals surface area contributed by atoms with Crippen molar-refractivity contribution in [3.8, 4) is 17.6 Å². The van der Waals surface area contributed by atoms with Crippen LogP contribution in [0.5, 0.6) is 11.5 Å². The molecular formula is C30H30N2O4. The van der Waals surface area contributed by atoms with E-state index in [9.17, 15) is 10.1 Å². The summed E-state index contributed by atoms with van der Waals surface area (Å²) in [6.07, 6.45) is 10.0. The fourth-order valence-electron chi connectivity index (χ4n) is 5.73. The number of carbonyl (C=O) groups excluding carboxylic acids is 1. The molecule has 36 heavy (non-hydrogen) atoms. The molecule has 0 saturated heterocycles. The highest BCUT2D eigenvalue weighted by atomic mass is 16.5. The van der Waals surface area contributed by atoms with Crippen molar-refractivity contribution in [3.63, 3.8) is 0 Å². The van der Waals surface area contributed by atoms with Gasteiger partial charge in [-0.2, -0.15) is 5.26 Å². The van der Waals surface area contributed by atoms with Crippen LogP contribution in [0, 0.1) is 17.2 Å². The number of hydrogen-bond donors (Lipinski definition) is 0. The van der Waals surface area contributed by atoms with E-state index in [4.69, 9.17) is 14.2 Å². The van der Waals surface area contributed by atoms with Crippen molar-refractivity contribution in [2.24, 2.45) is 5.92 Å². The molecule has 6 heteroatoms. The second-order valence-corrected chi connectivity index (χ2v) is 10.2. The van der Waals surface area contributed by atoms with Gasteiger partial charge in [0.1, 0.15) is 11.5 Å². The van der Waals surface area contributed by atoms with Crippen LogP contribution in [-0.2, 0) is 10.2 Å². The number of rotatable bonds is 4. The van der Waals surface area contributed by atoms with Crippen molar-refractivity contribution in [2.75, 3.05) is 26.2 Å². The average Bonchev–Trinajstić information content (AvgIpc) is 3.04. The standard InChI is InChI=1S/C30H30N2O4/c1-28(2)24-15-19(18-31)7-10-25(24)32(4)30(28)14-12-21-16-20(11-13-29(21,3)36-30)27(33)23-9-8-22(34-5)17-26(23)35-6/h7-17,21H,1-6H3. The van der Waals surface area contributed by atoms with E-state index in [0.717, 1.165) is 11.3 Å². The summed E-state index contributed by atoms with van der Waals surface area (Å²) >= 11 is 0. The van der Waals surface area contributed by atoms with Gasteiger partial charge >= 0.3 is 0 Å². The third-order valence-electron chi connectivity index (χ3n) is 7.99. The number of likely N-dealkylation sites (N-methyl/N-ethyl adjacent to an activating group) is 1. The minimum absolute atomic E-state index is 0.115. The van der Waals surface area contributed by atoms with Crippen LogP contribution in [0.25, 0.3) is 0 Å². The number of nitrogens with zero attached hydrogens (tertiary/aromatic N) is 2. The molecular weight excluding hydrogens is 452 g/mol. The Labute approximate surface area is 212 Å². The molecule has 3 unspecified atom stereocenters. The SMILES string of the molecule is COc1ccc(C(=O)C2=CC3C=CC4(OC3(C)C=C2)N(C)c2ccc(C#N)cc2C4(C)C)c(OC)c1. The third kappa shape index (κ3) is 3.23. The largest absolute Gasteiger partial charge is 0.497 e. The molecule has 0 amide bonds. The number of ketones is 1. The number of nitriles is 1. The first-order valence-corrected chi connectivity index (χ1v) is 12.0. The lowest BCUT2D eigenvalue weighted by Gasteiger charge is -2.53. The zero-order valence-electron chi connectivity index (χ0n) is 21.5. The average molecular weight is 483 g/mol. The first kappa shape index (κ1) is 23.9. The van der Waals surface area contributed by atoms with Crippen molar-refractivity contribution in [1.82, 2.24) is 0 Å². The zero-order valence-corrected chi connectivity index (χ0v) is 21.5. The van der Waals surface area contributed by atoms with Crippen LogP contribution in [0.3, 0.4) is 0 Å². The van der Waals surface area contributed by atoms with Crippen LogP contribution in [0.2, 0.25) is 0 Å². The molecule has 5 rings (SSSR count). The first-order chi connectivity index (χ1) is 17.1. The fourth-order valence-corrected chi connectivity index (χ4v) is 5.73. The summed E-state index contributed by atoms with van der Waals surface area (Å²) in [5, 5.41) is 9.45. The number of fused-ring (bicyclic) bond motifs is 2. The van der Waals surface area contributed by atoms with E-state index in [2.05, 4.69) is 43.9 Å². The highest BCUT2D eigenvalue weighted by Crippen LogP contribution is 2.56. The Hall–Kier alpha value is -3.82. The normalized spacial score (nSPS) is 27.2. The van der Waals surface area contributed by atoms with Crippen LogP contribution in [0.4, 0.5) is 5.69 Å². The van der Waals surface area contributed by atoms with Gasteiger partial charge in [0, 0.05) is 35.7 Å². The van der Waals surface area contributed by atoms with Gasteiger partial charge in [-0.15, -0.1) is 0 Å². The summed E-state index contributed by atoms with van der Waals surface area (Å²) in [4.78, 5) is 15.6. The maximum Gasteiger partial charge on any atom is 0.196 e. The van der Waals surface area contributed by atoms with E-state index in [0.29, 0.717) is 28.2 Å². The van der Waals surface area contributed by atoms with Gasteiger partial charge in [-0.25, -0.2) is 0 Å². The molecule has 0 radical (unpaired) electrons. The van der Waals surface area contributed by atoms with Crippen molar-refractivity contribution < 1.29 is 19.0 Å². The van der Waals surface area contributed by atoms with E-state index < -0.39 is 16.7 Å². The van der Waals surface area contributed by atoms with E-state index in [1.807, 2.05) is 43.5 Å². The Morgan fingerprint density at radius 1 is 1.08 bits per heavy atom. The number of Topliss-reactive ketones (excluding diaryl/α,β-unsaturated/α-hetero) is 1. The Bertz CT molecular complexity index is 1400. The number of allylic oxidation sites excluding steroid dienone is 2. The summed E-state index contributed by atoms with van der Waals surface area (Å²) in [5.74, 6) is 0.861. The van der Waals surface area contributed by atoms with Crippen molar-refractivity contribution in [1.29, 1.82) is 5.26 Å². The Balaban J connectivity index is 1.51. The number of ether oxygens (including phenoxy) is 3. The van der Waals surface area contributed by atoms with Gasteiger partial charge in [0.25, 0.3) is 0 Å². The number of carbonyl (C=O) groups is 1. The summed E-state index contributed by atoms with van der Waals surface area (Å²) in [6.45, 7) is 6.36. The lowest BCUT2D eigenvalue weighted by atomic mass is 9.72. The molecule has 0 bridgehead atoms. The Morgan fingerprint density at radius 3 is 2.56 bits per heavy atom. The second kappa shape index (κ2) is 8.11. The quantitative estimate of drug-likeness (QED) is 0.433. The molecule has 2 heterocycles. The molecule has 3 aliphatic rings. The predicted molar refractivity (Wildman–Crippen MR) is 139 cm³/mol. The van der Waals surface area contributed by atoms with Crippen molar-refractivity contribution in [3.05, 3.63) is 89.0 Å². The van der Waals surface area contributed by atoms with Crippen LogP contribution in [-0.4, -0.2) is 38.4 Å². The fraction of sp³-hybridized carbons (Fsp3) is 0.333.